The minimum atomic E-state index is -0.124. The Hall–Kier alpha value is -1.29. The summed E-state index contributed by atoms with van der Waals surface area (Å²) in [6.07, 6.45) is 1.54. The fourth-order valence-corrected chi connectivity index (χ4v) is 3.15. The maximum absolute atomic E-state index is 12.1. The van der Waals surface area contributed by atoms with Crippen molar-refractivity contribution in [2.45, 2.75) is 27.7 Å². The van der Waals surface area contributed by atoms with Crippen molar-refractivity contribution >= 4 is 23.3 Å². The lowest BCUT2D eigenvalue weighted by Crippen LogP contribution is -2.27. The molecule has 0 atom stereocenters. The lowest BCUT2D eigenvalue weighted by Gasteiger charge is -2.08. The number of aromatic nitrogens is 1. The van der Waals surface area contributed by atoms with Gasteiger partial charge in [0.15, 0.2) is 0 Å². The van der Waals surface area contributed by atoms with Gasteiger partial charge in [0, 0.05) is 19.8 Å². The Morgan fingerprint density at radius 1 is 1.35 bits per heavy atom. The van der Waals surface area contributed by atoms with Crippen LogP contribution in [0, 0.1) is 16.7 Å². The number of anilines is 1. The van der Waals surface area contributed by atoms with Crippen molar-refractivity contribution in [3.05, 3.63) is 22.8 Å². The van der Waals surface area contributed by atoms with Crippen molar-refractivity contribution in [2.24, 2.45) is 16.7 Å². The lowest BCUT2D eigenvalue weighted by atomic mass is 10.0. The summed E-state index contributed by atoms with van der Waals surface area (Å²) in [5, 5.41) is 6.30. The van der Waals surface area contributed by atoms with Crippen LogP contribution in [-0.4, -0.2) is 24.5 Å². The number of rotatable bonds is 4. The molecule has 1 aromatic heterocycles. The Labute approximate surface area is 125 Å². The van der Waals surface area contributed by atoms with Gasteiger partial charge < -0.3 is 10.6 Å². The zero-order chi connectivity index (χ0) is 15.1. The van der Waals surface area contributed by atoms with E-state index in [2.05, 4.69) is 43.3 Å². The molecule has 20 heavy (non-hydrogen) atoms. The number of pyridine rings is 1. The molecule has 0 unspecified atom stereocenters. The highest BCUT2D eigenvalue weighted by Gasteiger charge is 2.64. The van der Waals surface area contributed by atoms with E-state index in [-0.39, 0.29) is 16.7 Å². The molecule has 1 saturated carbocycles. The Kier molecular flexibility index (Phi) is 3.71. The predicted octanol–water partition coefficient (Wildman–Crippen LogP) is 3.19. The van der Waals surface area contributed by atoms with Gasteiger partial charge in [-0.3, -0.25) is 4.79 Å². The molecule has 1 aliphatic carbocycles. The van der Waals surface area contributed by atoms with Gasteiger partial charge in [-0.15, -0.1) is 0 Å². The van der Waals surface area contributed by atoms with E-state index in [9.17, 15) is 4.79 Å². The second-order valence-electron chi connectivity index (χ2n) is 6.51. The van der Waals surface area contributed by atoms with Crippen molar-refractivity contribution < 1.29 is 4.79 Å². The second-order valence-corrected chi connectivity index (χ2v) is 6.92. The van der Waals surface area contributed by atoms with E-state index in [1.165, 1.54) is 6.20 Å². The summed E-state index contributed by atoms with van der Waals surface area (Å²) >= 11 is 6.03. The van der Waals surface area contributed by atoms with Crippen LogP contribution < -0.4 is 10.6 Å². The quantitative estimate of drug-likeness (QED) is 0.897. The summed E-state index contributed by atoms with van der Waals surface area (Å²) in [5.74, 6) is 0.951. The third kappa shape index (κ3) is 2.37. The summed E-state index contributed by atoms with van der Waals surface area (Å²) in [6, 6.07) is 1.64. The van der Waals surface area contributed by atoms with E-state index < -0.39 is 0 Å². The minimum Gasteiger partial charge on any atom is -0.372 e. The van der Waals surface area contributed by atoms with Crippen LogP contribution in [-0.2, 0) is 0 Å². The summed E-state index contributed by atoms with van der Waals surface area (Å²) in [7, 11) is 1.74. The van der Waals surface area contributed by atoms with Gasteiger partial charge in [0.1, 0.15) is 5.82 Å². The van der Waals surface area contributed by atoms with Crippen molar-refractivity contribution in [2.75, 3.05) is 18.9 Å². The summed E-state index contributed by atoms with van der Waals surface area (Å²) < 4.78 is 0. The number of carbonyl (C=O) groups is 1. The standard InChI is InChI=1S/C15H22ClN3O/c1-14(2)11(15(14,3)4)8-19-13(20)9-6-10(16)12(17-5)18-7-9/h6-7,11H,8H2,1-5H3,(H,17,18)(H,19,20). The van der Waals surface area contributed by atoms with Gasteiger partial charge >= 0.3 is 0 Å². The van der Waals surface area contributed by atoms with Crippen LogP contribution in [0.2, 0.25) is 5.02 Å². The molecule has 0 aliphatic heterocycles. The first-order valence-corrected chi connectivity index (χ1v) is 7.21. The first kappa shape index (κ1) is 15.1. The molecular formula is C15H22ClN3O. The molecule has 1 aromatic rings. The summed E-state index contributed by atoms with van der Waals surface area (Å²) in [5.41, 5.74) is 1.03. The monoisotopic (exact) mass is 295 g/mol. The SMILES string of the molecule is CNc1ncc(C(=O)NCC2C(C)(C)C2(C)C)cc1Cl. The number of carbonyl (C=O) groups excluding carboxylic acids is 1. The van der Waals surface area contributed by atoms with Gasteiger partial charge in [0.25, 0.3) is 5.91 Å². The topological polar surface area (TPSA) is 54.0 Å². The van der Waals surface area contributed by atoms with E-state index in [4.69, 9.17) is 11.6 Å². The molecule has 0 aromatic carbocycles. The first-order chi connectivity index (χ1) is 9.21. The van der Waals surface area contributed by atoms with E-state index in [0.29, 0.717) is 28.9 Å². The van der Waals surface area contributed by atoms with Crippen LogP contribution in [0.1, 0.15) is 38.1 Å². The molecular weight excluding hydrogens is 274 g/mol. The Morgan fingerprint density at radius 2 is 1.95 bits per heavy atom. The number of nitrogens with zero attached hydrogens (tertiary/aromatic N) is 1. The minimum absolute atomic E-state index is 0.124. The Balaban J connectivity index is 1.98. The molecule has 1 fully saturated rings. The zero-order valence-corrected chi connectivity index (χ0v) is 13.4. The van der Waals surface area contributed by atoms with Crippen LogP contribution in [0.3, 0.4) is 0 Å². The third-order valence-corrected chi connectivity index (χ3v) is 5.41. The molecule has 0 saturated heterocycles. The van der Waals surface area contributed by atoms with Crippen LogP contribution in [0.5, 0.6) is 0 Å². The van der Waals surface area contributed by atoms with Gasteiger partial charge in [0.2, 0.25) is 0 Å². The lowest BCUT2D eigenvalue weighted by molar-refractivity contribution is 0.0949. The number of hydrogen-bond acceptors (Lipinski definition) is 3. The number of halogens is 1. The van der Waals surface area contributed by atoms with Gasteiger partial charge in [-0.1, -0.05) is 39.3 Å². The van der Waals surface area contributed by atoms with Gasteiger partial charge in [-0.2, -0.15) is 0 Å². The largest absolute Gasteiger partial charge is 0.372 e. The van der Waals surface area contributed by atoms with E-state index in [1.807, 2.05) is 0 Å². The van der Waals surface area contributed by atoms with E-state index >= 15 is 0 Å². The maximum Gasteiger partial charge on any atom is 0.252 e. The molecule has 1 heterocycles. The summed E-state index contributed by atoms with van der Waals surface area (Å²) in [6.45, 7) is 9.64. The number of nitrogens with one attached hydrogen (secondary N) is 2. The number of amides is 1. The Morgan fingerprint density at radius 3 is 2.40 bits per heavy atom. The van der Waals surface area contributed by atoms with Crippen LogP contribution in [0.15, 0.2) is 12.3 Å². The van der Waals surface area contributed by atoms with Crippen molar-refractivity contribution in [1.82, 2.24) is 10.3 Å². The van der Waals surface area contributed by atoms with Crippen LogP contribution in [0.25, 0.3) is 0 Å². The van der Waals surface area contributed by atoms with Crippen LogP contribution >= 0.6 is 11.6 Å². The molecule has 110 valence electrons. The fraction of sp³-hybridized carbons (Fsp3) is 0.600. The molecule has 0 radical (unpaired) electrons. The highest BCUT2D eigenvalue weighted by atomic mass is 35.5. The predicted molar refractivity (Wildman–Crippen MR) is 82.2 cm³/mol. The smallest absolute Gasteiger partial charge is 0.252 e. The molecule has 1 amide bonds. The average Bonchev–Trinajstić information content (AvgIpc) is 2.76. The maximum atomic E-state index is 12.1. The van der Waals surface area contributed by atoms with E-state index in [0.717, 1.165) is 0 Å². The van der Waals surface area contributed by atoms with Crippen molar-refractivity contribution in [1.29, 1.82) is 0 Å². The fourth-order valence-electron chi connectivity index (χ4n) is 2.89. The molecule has 0 spiro atoms. The Bertz CT molecular complexity index is 526. The zero-order valence-electron chi connectivity index (χ0n) is 12.7. The van der Waals surface area contributed by atoms with Gasteiger partial charge in [-0.05, 0) is 22.8 Å². The number of hydrogen-bond donors (Lipinski definition) is 2. The summed E-state index contributed by atoms with van der Waals surface area (Å²) in [4.78, 5) is 16.2. The highest BCUT2D eigenvalue weighted by Crippen LogP contribution is 2.67. The molecule has 4 nitrogen and oxygen atoms in total. The van der Waals surface area contributed by atoms with Gasteiger partial charge in [0.05, 0.1) is 10.6 Å². The van der Waals surface area contributed by atoms with E-state index in [1.54, 1.807) is 13.1 Å². The van der Waals surface area contributed by atoms with Gasteiger partial charge in [-0.25, -0.2) is 4.98 Å². The highest BCUT2D eigenvalue weighted by molar-refractivity contribution is 6.33. The van der Waals surface area contributed by atoms with Crippen molar-refractivity contribution in [3.8, 4) is 0 Å². The molecule has 2 rings (SSSR count). The molecule has 2 N–H and O–H groups in total. The average molecular weight is 296 g/mol. The molecule has 0 bridgehead atoms. The molecule has 5 heteroatoms. The molecule has 1 aliphatic rings. The first-order valence-electron chi connectivity index (χ1n) is 6.83. The normalized spacial score (nSPS) is 19.5. The van der Waals surface area contributed by atoms with Crippen LogP contribution in [0.4, 0.5) is 5.82 Å². The second kappa shape index (κ2) is 4.92. The van der Waals surface area contributed by atoms with Crippen molar-refractivity contribution in [3.63, 3.8) is 0 Å². The third-order valence-electron chi connectivity index (χ3n) is 5.13.